The van der Waals surface area contributed by atoms with Crippen molar-refractivity contribution in [3.05, 3.63) is 95.1 Å². The molecule has 0 radical (unpaired) electrons. The van der Waals surface area contributed by atoms with Gasteiger partial charge in [0.1, 0.15) is 0 Å². The first-order valence-electron chi connectivity index (χ1n) is 9.14. The lowest BCUT2D eigenvalue weighted by Gasteiger charge is -2.32. The van der Waals surface area contributed by atoms with Gasteiger partial charge in [-0.25, -0.2) is 0 Å². The molecule has 2 aliphatic carbocycles. The van der Waals surface area contributed by atoms with Gasteiger partial charge in [0.05, 0.1) is 0 Å². The highest BCUT2D eigenvalue weighted by molar-refractivity contribution is 5.51. The molecule has 26 heavy (non-hydrogen) atoms. The van der Waals surface area contributed by atoms with Crippen molar-refractivity contribution in [1.82, 2.24) is 0 Å². The maximum atomic E-state index is 3.40. The predicted molar refractivity (Wildman–Crippen MR) is 108 cm³/mol. The van der Waals surface area contributed by atoms with E-state index in [9.17, 15) is 0 Å². The van der Waals surface area contributed by atoms with E-state index in [0.717, 1.165) is 24.0 Å². The molecule has 0 saturated heterocycles. The number of hydrogen-bond donors (Lipinski definition) is 0. The average molecular weight is 334 g/mol. The zero-order valence-electron chi connectivity index (χ0n) is 15.3. The highest BCUT2D eigenvalue weighted by atomic mass is 14.5. The van der Waals surface area contributed by atoms with Gasteiger partial charge in [-0.05, 0) is 48.3 Å². The molecule has 0 saturated carbocycles. The predicted octanol–water partition coefficient (Wildman–Crippen LogP) is 5.76. The van der Waals surface area contributed by atoms with Crippen LogP contribution in [0.1, 0.15) is 37.8 Å². The standard InChI is InChI=1S/C26H22/c1-25-17-23(15-13-21-9-5-3-6-10-21)19-26(25,2)20-24(18-25)16-14-22-11-7-4-8-12-22/h3-12,17,20H,18-19H2,1-2H3. The molecule has 0 nitrogen and oxygen atoms in total. The van der Waals surface area contributed by atoms with Crippen LogP contribution in [-0.2, 0) is 0 Å². The third kappa shape index (κ3) is 3.12. The second kappa shape index (κ2) is 6.40. The molecule has 0 heteroatoms. The number of rotatable bonds is 0. The van der Waals surface area contributed by atoms with E-state index in [1.54, 1.807) is 0 Å². The third-order valence-electron chi connectivity index (χ3n) is 5.69. The lowest BCUT2D eigenvalue weighted by molar-refractivity contribution is 0.230. The molecular weight excluding hydrogens is 312 g/mol. The Morgan fingerprint density at radius 3 is 1.35 bits per heavy atom. The Labute approximate surface area is 156 Å². The molecule has 0 heterocycles. The minimum atomic E-state index is 0.119. The van der Waals surface area contributed by atoms with Crippen LogP contribution in [-0.4, -0.2) is 0 Å². The van der Waals surface area contributed by atoms with Gasteiger partial charge in [0, 0.05) is 22.0 Å². The smallest absolute Gasteiger partial charge is 0.0248 e. The molecule has 2 aliphatic rings. The Balaban J connectivity index is 1.54. The molecular formula is C26H22. The van der Waals surface area contributed by atoms with Crippen molar-refractivity contribution in [3.8, 4) is 23.7 Å². The van der Waals surface area contributed by atoms with E-state index >= 15 is 0 Å². The maximum absolute atomic E-state index is 3.40. The number of fused-ring (bicyclic) bond motifs is 1. The summed E-state index contributed by atoms with van der Waals surface area (Å²) in [5, 5.41) is 0. The van der Waals surface area contributed by atoms with Gasteiger partial charge in [-0.2, -0.15) is 0 Å². The highest BCUT2D eigenvalue weighted by Crippen LogP contribution is 2.59. The molecule has 0 N–H and O–H groups in total. The van der Waals surface area contributed by atoms with Crippen LogP contribution < -0.4 is 0 Å². The Bertz CT molecular complexity index is 914. The van der Waals surface area contributed by atoms with E-state index in [4.69, 9.17) is 0 Å². The van der Waals surface area contributed by atoms with Crippen molar-refractivity contribution in [2.24, 2.45) is 10.8 Å². The van der Waals surface area contributed by atoms with Gasteiger partial charge in [-0.3, -0.25) is 0 Å². The first-order chi connectivity index (χ1) is 12.6. The summed E-state index contributed by atoms with van der Waals surface area (Å²) in [6, 6.07) is 20.4. The molecule has 0 aromatic heterocycles. The van der Waals surface area contributed by atoms with E-state index in [0.29, 0.717) is 0 Å². The van der Waals surface area contributed by atoms with Gasteiger partial charge < -0.3 is 0 Å². The summed E-state index contributed by atoms with van der Waals surface area (Å²) in [7, 11) is 0. The molecule has 2 aromatic rings. The van der Waals surface area contributed by atoms with Crippen molar-refractivity contribution in [3.63, 3.8) is 0 Å². The summed E-state index contributed by atoms with van der Waals surface area (Å²) in [5.74, 6) is 13.4. The second-order valence-corrected chi connectivity index (χ2v) is 7.76. The van der Waals surface area contributed by atoms with Gasteiger partial charge in [0.2, 0.25) is 0 Å². The fourth-order valence-electron chi connectivity index (χ4n) is 4.01. The van der Waals surface area contributed by atoms with Crippen molar-refractivity contribution in [1.29, 1.82) is 0 Å². The molecule has 2 unspecified atom stereocenters. The fourth-order valence-corrected chi connectivity index (χ4v) is 4.01. The lowest BCUT2D eigenvalue weighted by atomic mass is 9.70. The summed E-state index contributed by atoms with van der Waals surface area (Å²) >= 11 is 0. The second-order valence-electron chi connectivity index (χ2n) is 7.76. The molecule has 126 valence electrons. The average Bonchev–Trinajstić information content (AvgIpc) is 3.03. The third-order valence-corrected chi connectivity index (χ3v) is 5.69. The van der Waals surface area contributed by atoms with Crippen molar-refractivity contribution >= 4 is 0 Å². The van der Waals surface area contributed by atoms with Crippen molar-refractivity contribution in [2.45, 2.75) is 26.7 Å². The molecule has 0 aliphatic heterocycles. The normalized spacial score (nSPS) is 25.9. The Hall–Kier alpha value is -2.96. The Morgan fingerprint density at radius 2 is 0.962 bits per heavy atom. The van der Waals surface area contributed by atoms with Gasteiger partial charge in [-0.15, -0.1) is 0 Å². The molecule has 2 aromatic carbocycles. The van der Waals surface area contributed by atoms with Gasteiger partial charge in [0.25, 0.3) is 0 Å². The Kier molecular flexibility index (Phi) is 4.06. The minimum Gasteiger partial charge on any atom is -0.0664 e. The van der Waals surface area contributed by atoms with Gasteiger partial charge in [0.15, 0.2) is 0 Å². The van der Waals surface area contributed by atoms with Crippen LogP contribution >= 0.6 is 0 Å². The molecule has 0 fully saturated rings. The molecule has 0 amide bonds. The molecule has 0 bridgehead atoms. The van der Waals surface area contributed by atoms with Crippen molar-refractivity contribution in [2.75, 3.05) is 0 Å². The monoisotopic (exact) mass is 334 g/mol. The summed E-state index contributed by atoms with van der Waals surface area (Å²) in [4.78, 5) is 0. The van der Waals surface area contributed by atoms with Crippen LogP contribution in [0.3, 0.4) is 0 Å². The number of hydrogen-bond acceptors (Lipinski definition) is 0. The maximum Gasteiger partial charge on any atom is 0.0248 e. The lowest BCUT2D eigenvalue weighted by Crippen LogP contribution is -2.26. The highest BCUT2D eigenvalue weighted by Gasteiger charge is 2.50. The molecule has 2 atom stereocenters. The van der Waals surface area contributed by atoms with Crippen LogP contribution in [0.25, 0.3) is 0 Å². The van der Waals surface area contributed by atoms with E-state index in [1.807, 2.05) is 36.4 Å². The first kappa shape index (κ1) is 16.5. The first-order valence-corrected chi connectivity index (χ1v) is 9.14. The van der Waals surface area contributed by atoms with Crippen LogP contribution in [0.5, 0.6) is 0 Å². The largest absolute Gasteiger partial charge is 0.0664 e. The number of benzene rings is 2. The van der Waals surface area contributed by atoms with Crippen molar-refractivity contribution < 1.29 is 0 Å². The van der Waals surface area contributed by atoms with Crippen LogP contribution in [0.4, 0.5) is 0 Å². The van der Waals surface area contributed by atoms with Gasteiger partial charge in [-0.1, -0.05) is 86.1 Å². The summed E-state index contributed by atoms with van der Waals surface area (Å²) in [6.45, 7) is 4.69. The SMILES string of the molecule is CC12C=C(C#Cc3ccccc3)CC1(C)C=C(C#Cc1ccccc1)C2. The summed E-state index contributed by atoms with van der Waals surface area (Å²) < 4.78 is 0. The van der Waals surface area contributed by atoms with E-state index < -0.39 is 0 Å². The topological polar surface area (TPSA) is 0 Å². The zero-order chi connectivity index (χ0) is 18.0. The van der Waals surface area contributed by atoms with E-state index in [2.05, 4.69) is 73.9 Å². The van der Waals surface area contributed by atoms with E-state index in [-0.39, 0.29) is 10.8 Å². The number of allylic oxidation sites excluding steroid dienone is 4. The van der Waals surface area contributed by atoms with E-state index in [1.165, 1.54) is 11.1 Å². The summed E-state index contributed by atoms with van der Waals surface area (Å²) in [6.07, 6.45) is 6.77. The van der Waals surface area contributed by atoms with Crippen LogP contribution in [0.15, 0.2) is 84.0 Å². The minimum absolute atomic E-state index is 0.119. The quantitative estimate of drug-likeness (QED) is 0.537. The Morgan fingerprint density at radius 1 is 0.577 bits per heavy atom. The summed E-state index contributed by atoms with van der Waals surface area (Å²) in [5.41, 5.74) is 4.90. The zero-order valence-corrected chi connectivity index (χ0v) is 15.3. The van der Waals surface area contributed by atoms with Gasteiger partial charge >= 0.3 is 0 Å². The molecule has 0 spiro atoms. The van der Waals surface area contributed by atoms with Crippen LogP contribution in [0, 0.1) is 34.5 Å². The molecule has 4 rings (SSSR count). The fraction of sp³-hybridized carbons (Fsp3) is 0.231. The van der Waals surface area contributed by atoms with Crippen LogP contribution in [0.2, 0.25) is 0 Å².